The normalized spacial score (nSPS) is 19.6. The average Bonchev–Trinajstić information content (AvgIpc) is 2.81. The molecular formula is C16H18FN3O3. The Morgan fingerprint density at radius 2 is 1.83 bits per heavy atom. The first-order valence-corrected chi connectivity index (χ1v) is 7.64. The summed E-state index contributed by atoms with van der Waals surface area (Å²) in [6.07, 6.45) is 1.74. The maximum Gasteiger partial charge on any atom is 0.322 e. The molecule has 2 heterocycles. The summed E-state index contributed by atoms with van der Waals surface area (Å²) in [5, 5.41) is 4.92. The number of likely N-dealkylation sites (tertiary alicyclic amines) is 1. The predicted molar refractivity (Wildman–Crippen MR) is 79.9 cm³/mol. The fourth-order valence-electron chi connectivity index (χ4n) is 3.08. The van der Waals surface area contributed by atoms with Gasteiger partial charge in [0.05, 0.1) is 0 Å². The van der Waals surface area contributed by atoms with E-state index in [1.165, 1.54) is 12.1 Å². The molecule has 0 aromatic heterocycles. The van der Waals surface area contributed by atoms with Gasteiger partial charge in [-0.2, -0.15) is 0 Å². The molecule has 0 bridgehead atoms. The molecule has 0 aliphatic carbocycles. The van der Waals surface area contributed by atoms with Crippen LogP contribution in [-0.2, 0) is 16.0 Å². The number of carbonyl (C=O) groups is 3. The second-order valence-electron chi connectivity index (χ2n) is 6.00. The third-order valence-corrected chi connectivity index (χ3v) is 4.53. The number of piperidine rings is 1. The van der Waals surface area contributed by atoms with Crippen LogP contribution in [-0.4, -0.2) is 41.4 Å². The van der Waals surface area contributed by atoms with Crippen LogP contribution >= 0.6 is 0 Å². The molecule has 0 saturated carbocycles. The third-order valence-electron chi connectivity index (χ3n) is 4.53. The number of nitrogens with zero attached hydrogens (tertiary/aromatic N) is 1. The third kappa shape index (κ3) is 3.18. The smallest absolute Gasteiger partial charge is 0.322 e. The van der Waals surface area contributed by atoms with Crippen molar-refractivity contribution in [2.24, 2.45) is 0 Å². The van der Waals surface area contributed by atoms with Crippen LogP contribution in [0.2, 0.25) is 0 Å². The van der Waals surface area contributed by atoms with Gasteiger partial charge in [0.1, 0.15) is 11.4 Å². The molecule has 0 radical (unpaired) electrons. The van der Waals surface area contributed by atoms with Gasteiger partial charge in [0.15, 0.2) is 0 Å². The molecule has 1 aromatic carbocycles. The number of urea groups is 1. The highest BCUT2D eigenvalue weighted by Crippen LogP contribution is 2.25. The molecule has 1 aromatic rings. The van der Waals surface area contributed by atoms with Gasteiger partial charge in [-0.05, 0) is 37.0 Å². The lowest BCUT2D eigenvalue weighted by atomic mass is 9.87. The molecule has 3 rings (SSSR count). The van der Waals surface area contributed by atoms with Crippen molar-refractivity contribution in [3.05, 3.63) is 35.6 Å². The summed E-state index contributed by atoms with van der Waals surface area (Å²) >= 11 is 0. The molecule has 4 amide bonds. The average molecular weight is 319 g/mol. The van der Waals surface area contributed by atoms with Crippen molar-refractivity contribution in [1.29, 1.82) is 0 Å². The van der Waals surface area contributed by atoms with Gasteiger partial charge in [-0.25, -0.2) is 9.18 Å². The van der Waals surface area contributed by atoms with E-state index in [1.54, 1.807) is 17.0 Å². The molecule has 23 heavy (non-hydrogen) atoms. The minimum atomic E-state index is -0.856. The van der Waals surface area contributed by atoms with Gasteiger partial charge in [0.2, 0.25) is 5.91 Å². The molecule has 2 fully saturated rings. The monoisotopic (exact) mass is 319 g/mol. The van der Waals surface area contributed by atoms with Crippen LogP contribution in [0.4, 0.5) is 9.18 Å². The molecule has 2 aliphatic heterocycles. The van der Waals surface area contributed by atoms with E-state index in [0.717, 1.165) is 5.56 Å². The van der Waals surface area contributed by atoms with E-state index < -0.39 is 11.6 Å². The predicted octanol–water partition coefficient (Wildman–Crippen LogP) is 0.959. The molecule has 7 heteroatoms. The maximum absolute atomic E-state index is 12.8. The second kappa shape index (κ2) is 5.98. The van der Waals surface area contributed by atoms with E-state index in [9.17, 15) is 18.8 Å². The molecular weight excluding hydrogens is 301 g/mol. The van der Waals surface area contributed by atoms with Crippen molar-refractivity contribution in [2.45, 2.75) is 31.2 Å². The number of rotatable bonds is 3. The number of amides is 4. The summed E-state index contributed by atoms with van der Waals surface area (Å²) in [6.45, 7) is 0.881. The van der Waals surface area contributed by atoms with E-state index in [2.05, 4.69) is 10.6 Å². The highest BCUT2D eigenvalue weighted by atomic mass is 19.1. The molecule has 0 unspecified atom stereocenters. The molecule has 122 valence electrons. The molecule has 2 N–H and O–H groups in total. The lowest BCUT2D eigenvalue weighted by Crippen LogP contribution is -2.55. The number of nitrogens with one attached hydrogen (secondary N) is 2. The summed E-state index contributed by atoms with van der Waals surface area (Å²) in [7, 11) is 0. The van der Waals surface area contributed by atoms with E-state index in [-0.39, 0.29) is 17.6 Å². The number of hydrogen-bond donors (Lipinski definition) is 2. The minimum Gasteiger partial charge on any atom is -0.342 e. The Morgan fingerprint density at radius 1 is 1.17 bits per heavy atom. The SMILES string of the molecule is O=C1NC(=O)C2(CCN(C(=O)CCc3ccc(F)cc3)CC2)N1. The Kier molecular flexibility index (Phi) is 4.02. The van der Waals surface area contributed by atoms with Crippen LogP contribution in [0.25, 0.3) is 0 Å². The van der Waals surface area contributed by atoms with E-state index in [1.807, 2.05) is 0 Å². The minimum absolute atomic E-state index is 0.00825. The fourth-order valence-corrected chi connectivity index (χ4v) is 3.08. The summed E-state index contributed by atoms with van der Waals surface area (Å²) in [6, 6.07) is 5.64. The van der Waals surface area contributed by atoms with Crippen LogP contribution in [0.5, 0.6) is 0 Å². The fraction of sp³-hybridized carbons (Fsp3) is 0.438. The Balaban J connectivity index is 1.51. The zero-order valence-corrected chi connectivity index (χ0v) is 12.6. The largest absolute Gasteiger partial charge is 0.342 e. The van der Waals surface area contributed by atoms with E-state index in [4.69, 9.17) is 0 Å². The molecule has 6 nitrogen and oxygen atoms in total. The zero-order chi connectivity index (χ0) is 16.4. The van der Waals surface area contributed by atoms with Crippen LogP contribution in [0.1, 0.15) is 24.8 Å². The Labute approximate surface area is 133 Å². The van der Waals surface area contributed by atoms with Gasteiger partial charge in [-0.3, -0.25) is 14.9 Å². The van der Waals surface area contributed by atoms with Gasteiger partial charge in [-0.1, -0.05) is 12.1 Å². The molecule has 2 aliphatic rings. The van der Waals surface area contributed by atoms with Gasteiger partial charge < -0.3 is 10.2 Å². The van der Waals surface area contributed by atoms with Crippen molar-refractivity contribution in [3.63, 3.8) is 0 Å². The summed E-state index contributed by atoms with van der Waals surface area (Å²) in [5.41, 5.74) is 0.0563. The zero-order valence-electron chi connectivity index (χ0n) is 12.6. The van der Waals surface area contributed by atoms with Crippen LogP contribution < -0.4 is 10.6 Å². The van der Waals surface area contributed by atoms with E-state index >= 15 is 0 Å². The summed E-state index contributed by atoms with van der Waals surface area (Å²) in [4.78, 5) is 37.1. The lowest BCUT2D eigenvalue weighted by molar-refractivity contribution is -0.135. The summed E-state index contributed by atoms with van der Waals surface area (Å²) in [5.74, 6) is -0.590. The van der Waals surface area contributed by atoms with Crippen molar-refractivity contribution >= 4 is 17.8 Å². The number of aryl methyl sites for hydroxylation is 1. The van der Waals surface area contributed by atoms with Crippen molar-refractivity contribution < 1.29 is 18.8 Å². The van der Waals surface area contributed by atoms with Crippen molar-refractivity contribution in [2.75, 3.05) is 13.1 Å². The van der Waals surface area contributed by atoms with Crippen molar-refractivity contribution in [1.82, 2.24) is 15.5 Å². The van der Waals surface area contributed by atoms with Crippen LogP contribution in [0, 0.1) is 5.82 Å². The number of imide groups is 1. The molecule has 1 spiro atoms. The Hall–Kier alpha value is -2.44. The van der Waals surface area contributed by atoms with Crippen LogP contribution in [0.15, 0.2) is 24.3 Å². The van der Waals surface area contributed by atoms with Gasteiger partial charge in [-0.15, -0.1) is 0 Å². The first-order chi connectivity index (χ1) is 11.0. The topological polar surface area (TPSA) is 78.5 Å². The lowest BCUT2D eigenvalue weighted by Gasteiger charge is -2.37. The van der Waals surface area contributed by atoms with E-state index in [0.29, 0.717) is 38.8 Å². The van der Waals surface area contributed by atoms with Crippen molar-refractivity contribution in [3.8, 4) is 0 Å². The Bertz CT molecular complexity index is 636. The highest BCUT2D eigenvalue weighted by Gasteiger charge is 2.48. The number of carbonyl (C=O) groups excluding carboxylic acids is 3. The quantitative estimate of drug-likeness (QED) is 0.815. The number of benzene rings is 1. The van der Waals surface area contributed by atoms with Gasteiger partial charge in [0.25, 0.3) is 5.91 Å². The number of halogens is 1. The first kappa shape index (κ1) is 15.5. The maximum atomic E-state index is 12.8. The molecule has 0 atom stereocenters. The summed E-state index contributed by atoms with van der Waals surface area (Å²) < 4.78 is 12.8. The molecule has 2 saturated heterocycles. The second-order valence-corrected chi connectivity index (χ2v) is 6.00. The first-order valence-electron chi connectivity index (χ1n) is 7.64. The Morgan fingerprint density at radius 3 is 2.39 bits per heavy atom. The van der Waals surface area contributed by atoms with Gasteiger partial charge in [0, 0.05) is 19.5 Å². The van der Waals surface area contributed by atoms with Crippen LogP contribution in [0.3, 0.4) is 0 Å². The number of hydrogen-bond acceptors (Lipinski definition) is 3. The standard InChI is InChI=1S/C16H18FN3O3/c17-12-4-1-11(2-5-12)3-6-13(21)20-9-7-16(8-10-20)14(22)18-15(23)19-16/h1-2,4-5H,3,6-10H2,(H2,18,19,22,23). The van der Waals surface area contributed by atoms with Gasteiger partial charge >= 0.3 is 6.03 Å². The highest BCUT2D eigenvalue weighted by molar-refractivity contribution is 6.07.